The zero-order valence-electron chi connectivity index (χ0n) is 36.9. The minimum absolute atomic E-state index is 0.0457. The molecule has 6 atom stereocenters. The third-order valence-electron chi connectivity index (χ3n) is 11.5. The standard InChI is InChI=1S/C52H60O12/c1-35-23-36(2)52(60-22-18-56-30-47-34-64-47)49(24-35)51(41-4-3-39(25-41)37-5-10-42(11-6-37)57-19-15-53-27-44-31-61-44)48-26-40(9-14-50(48)59-21-17-55-29-46-33-63-46)38-7-12-43(13-8-38)58-20-16-54-28-45-32-62-45/h3-14,23-26,41,44-47,51H,15-22,27-34H2,1-2H3. The van der Waals surface area contributed by atoms with E-state index in [0.717, 1.165) is 93.9 Å². The second-order valence-corrected chi connectivity index (χ2v) is 16.9. The number of aryl methyl sites for hydroxylation is 2. The lowest BCUT2D eigenvalue weighted by atomic mass is 9.78. The molecular weight excluding hydrogens is 817 g/mol. The molecule has 4 heterocycles. The molecule has 1 aliphatic carbocycles. The summed E-state index contributed by atoms with van der Waals surface area (Å²) in [4.78, 5) is 0. The average Bonchev–Trinajstić information content (AvgIpc) is 4.06. The molecule has 0 amide bonds. The molecule has 6 unspecified atom stereocenters. The van der Waals surface area contributed by atoms with Crippen LogP contribution in [0.5, 0.6) is 23.0 Å². The Morgan fingerprint density at radius 3 is 1.52 bits per heavy atom. The topological polar surface area (TPSA) is 124 Å². The van der Waals surface area contributed by atoms with E-state index in [1.165, 1.54) is 0 Å². The van der Waals surface area contributed by atoms with Crippen molar-refractivity contribution in [2.24, 2.45) is 5.92 Å². The van der Waals surface area contributed by atoms with Gasteiger partial charge in [-0.15, -0.1) is 0 Å². The highest BCUT2D eigenvalue weighted by molar-refractivity contribution is 5.78. The fourth-order valence-electron chi connectivity index (χ4n) is 7.89. The summed E-state index contributed by atoms with van der Waals surface area (Å²) in [6.45, 7) is 13.4. The first-order valence-electron chi connectivity index (χ1n) is 22.7. The second-order valence-electron chi connectivity index (χ2n) is 16.9. The Hall–Kier alpha value is -4.76. The van der Waals surface area contributed by atoms with Gasteiger partial charge in [0.1, 0.15) is 73.8 Å². The van der Waals surface area contributed by atoms with Gasteiger partial charge in [0.05, 0.1) is 79.3 Å². The van der Waals surface area contributed by atoms with Crippen LogP contribution in [0.1, 0.15) is 33.7 Å². The van der Waals surface area contributed by atoms with Gasteiger partial charge in [-0.05, 0) is 78.1 Å². The SMILES string of the molecule is Cc1cc(C)c(OCCOCC2CO2)c(C(c2cc(-c3ccc(OCCOCC4CO4)cc3)ccc2OCCOCC2CO2)C2C=CC(c3ccc(OCCOCC4CO4)cc3)=C2)c1. The van der Waals surface area contributed by atoms with E-state index >= 15 is 0 Å². The molecule has 12 nitrogen and oxygen atoms in total. The smallest absolute Gasteiger partial charge is 0.126 e. The van der Waals surface area contributed by atoms with Crippen LogP contribution in [-0.4, -0.2) is 130 Å². The quantitative estimate of drug-likeness (QED) is 0.0396. The third kappa shape index (κ3) is 13.2. The van der Waals surface area contributed by atoms with Gasteiger partial charge in [-0.25, -0.2) is 0 Å². The second kappa shape index (κ2) is 21.9. The van der Waals surface area contributed by atoms with Crippen LogP contribution in [0.3, 0.4) is 0 Å². The molecule has 4 saturated heterocycles. The summed E-state index contributed by atoms with van der Waals surface area (Å²) < 4.78 is 69.7. The van der Waals surface area contributed by atoms with E-state index in [2.05, 4.69) is 86.7 Å². The molecule has 4 aromatic carbocycles. The van der Waals surface area contributed by atoms with Crippen molar-refractivity contribution >= 4 is 5.57 Å². The van der Waals surface area contributed by atoms with Gasteiger partial charge >= 0.3 is 0 Å². The number of hydrogen-bond donors (Lipinski definition) is 0. The fourth-order valence-corrected chi connectivity index (χ4v) is 7.89. The Bertz CT molecular complexity index is 2170. The van der Waals surface area contributed by atoms with Crippen LogP contribution < -0.4 is 18.9 Å². The number of epoxide rings is 4. The first-order valence-corrected chi connectivity index (χ1v) is 22.7. The average molecular weight is 877 g/mol. The molecule has 0 spiro atoms. The molecule has 0 N–H and O–H groups in total. The van der Waals surface area contributed by atoms with Crippen LogP contribution in [0, 0.1) is 19.8 Å². The fraction of sp³-hybridized carbons (Fsp3) is 0.462. The predicted molar refractivity (Wildman–Crippen MR) is 241 cm³/mol. The summed E-state index contributed by atoms with van der Waals surface area (Å²) in [5.74, 6) is 3.00. The van der Waals surface area contributed by atoms with Crippen molar-refractivity contribution in [3.05, 3.63) is 125 Å². The molecule has 340 valence electrons. The first kappa shape index (κ1) is 44.4. The molecule has 4 aromatic rings. The highest BCUT2D eigenvalue weighted by Gasteiger charge is 2.32. The molecular formula is C52H60O12. The molecule has 0 saturated carbocycles. The van der Waals surface area contributed by atoms with Crippen LogP contribution in [0.4, 0.5) is 0 Å². The Morgan fingerprint density at radius 2 is 0.984 bits per heavy atom. The Kier molecular flexibility index (Phi) is 15.2. The molecule has 4 aliphatic heterocycles. The van der Waals surface area contributed by atoms with Crippen molar-refractivity contribution in [2.45, 2.75) is 44.2 Å². The zero-order chi connectivity index (χ0) is 43.5. The van der Waals surface area contributed by atoms with E-state index in [0.29, 0.717) is 79.3 Å². The number of ether oxygens (including phenoxy) is 12. The van der Waals surface area contributed by atoms with Gasteiger partial charge in [0.15, 0.2) is 0 Å². The number of hydrogen-bond acceptors (Lipinski definition) is 12. The van der Waals surface area contributed by atoms with Gasteiger partial charge in [-0.1, -0.05) is 66.3 Å². The van der Waals surface area contributed by atoms with Crippen molar-refractivity contribution in [1.29, 1.82) is 0 Å². The van der Waals surface area contributed by atoms with Crippen LogP contribution >= 0.6 is 0 Å². The van der Waals surface area contributed by atoms with Crippen molar-refractivity contribution in [3.8, 4) is 34.1 Å². The lowest BCUT2D eigenvalue weighted by Crippen LogP contribution is -2.17. The predicted octanol–water partition coefficient (Wildman–Crippen LogP) is 7.55. The molecule has 0 aromatic heterocycles. The summed E-state index contributed by atoms with van der Waals surface area (Å²) in [6, 6.07) is 27.5. The van der Waals surface area contributed by atoms with E-state index in [-0.39, 0.29) is 36.3 Å². The molecule has 5 aliphatic rings. The number of rotatable bonds is 29. The molecule has 12 heteroatoms. The maximum absolute atomic E-state index is 6.70. The van der Waals surface area contributed by atoms with Crippen molar-refractivity contribution < 1.29 is 56.8 Å². The van der Waals surface area contributed by atoms with Crippen LogP contribution in [0.15, 0.2) is 97.1 Å². The highest BCUT2D eigenvalue weighted by atomic mass is 16.6. The third-order valence-corrected chi connectivity index (χ3v) is 11.5. The Labute approximate surface area is 376 Å². The van der Waals surface area contributed by atoms with Crippen LogP contribution in [0.2, 0.25) is 0 Å². The molecule has 4 fully saturated rings. The van der Waals surface area contributed by atoms with Gasteiger partial charge in [0.25, 0.3) is 0 Å². The van der Waals surface area contributed by atoms with Crippen LogP contribution in [0.25, 0.3) is 16.7 Å². The Balaban J connectivity index is 1.00. The summed E-state index contributed by atoms with van der Waals surface area (Å²) in [5.41, 5.74) is 8.70. The lowest BCUT2D eigenvalue weighted by molar-refractivity contribution is 0.0868. The van der Waals surface area contributed by atoms with Gasteiger partial charge in [0.2, 0.25) is 0 Å². The van der Waals surface area contributed by atoms with Gasteiger partial charge in [-0.3, -0.25) is 0 Å². The summed E-state index contributed by atoms with van der Waals surface area (Å²) in [7, 11) is 0. The molecule has 64 heavy (non-hydrogen) atoms. The normalized spacial score (nSPS) is 21.9. The summed E-state index contributed by atoms with van der Waals surface area (Å²) in [6.07, 6.45) is 7.75. The minimum atomic E-state index is -0.189. The Morgan fingerprint density at radius 1 is 0.500 bits per heavy atom. The van der Waals surface area contributed by atoms with Crippen molar-refractivity contribution in [1.82, 2.24) is 0 Å². The van der Waals surface area contributed by atoms with Gasteiger partial charge in [-0.2, -0.15) is 0 Å². The zero-order valence-corrected chi connectivity index (χ0v) is 36.9. The summed E-state index contributed by atoms with van der Waals surface area (Å²) in [5, 5.41) is 0. The maximum Gasteiger partial charge on any atom is 0.126 e. The minimum Gasteiger partial charge on any atom is -0.491 e. The van der Waals surface area contributed by atoms with E-state index in [1.807, 2.05) is 24.3 Å². The maximum atomic E-state index is 6.70. The largest absolute Gasteiger partial charge is 0.491 e. The van der Waals surface area contributed by atoms with Gasteiger partial charge < -0.3 is 56.8 Å². The van der Waals surface area contributed by atoms with E-state index in [1.54, 1.807) is 0 Å². The monoisotopic (exact) mass is 876 g/mol. The molecule has 0 bridgehead atoms. The van der Waals surface area contributed by atoms with E-state index in [4.69, 9.17) is 56.8 Å². The first-order chi connectivity index (χ1) is 31.5. The number of allylic oxidation sites excluding steroid dienone is 4. The van der Waals surface area contributed by atoms with Crippen molar-refractivity contribution in [3.63, 3.8) is 0 Å². The van der Waals surface area contributed by atoms with Crippen molar-refractivity contribution in [2.75, 3.05) is 106 Å². The van der Waals surface area contributed by atoms with Crippen LogP contribution in [-0.2, 0) is 37.9 Å². The lowest BCUT2D eigenvalue weighted by Gasteiger charge is -2.28. The summed E-state index contributed by atoms with van der Waals surface area (Å²) >= 11 is 0. The highest BCUT2D eigenvalue weighted by Crippen LogP contribution is 2.47. The number of benzene rings is 4. The molecule has 9 rings (SSSR count). The molecule has 0 radical (unpaired) electrons. The van der Waals surface area contributed by atoms with E-state index in [9.17, 15) is 0 Å². The van der Waals surface area contributed by atoms with E-state index < -0.39 is 0 Å². The van der Waals surface area contributed by atoms with Gasteiger partial charge in [0, 0.05) is 23.0 Å².